The van der Waals surface area contributed by atoms with E-state index in [4.69, 9.17) is 0 Å². The molecule has 0 fully saturated rings. The van der Waals surface area contributed by atoms with Crippen molar-refractivity contribution in [3.05, 3.63) is 53.1 Å². The van der Waals surface area contributed by atoms with E-state index in [9.17, 15) is 4.39 Å². The smallest absolute Gasteiger partial charge is 0.123 e. The zero-order valence-electron chi connectivity index (χ0n) is 12.4. The molecular formula is C16H22FN3. The number of likely N-dealkylation sites (N-methyl/N-ethyl adjacent to an activating group) is 1. The molecular weight excluding hydrogens is 253 g/mol. The Morgan fingerprint density at radius 3 is 2.50 bits per heavy atom. The lowest BCUT2D eigenvalue weighted by Crippen LogP contribution is -2.33. The van der Waals surface area contributed by atoms with Crippen molar-refractivity contribution in [2.24, 2.45) is 7.05 Å². The van der Waals surface area contributed by atoms with E-state index < -0.39 is 0 Å². The third-order valence-corrected chi connectivity index (χ3v) is 3.44. The van der Waals surface area contributed by atoms with Gasteiger partial charge < -0.3 is 5.32 Å². The summed E-state index contributed by atoms with van der Waals surface area (Å²) in [6.45, 7) is 5.03. The van der Waals surface area contributed by atoms with E-state index in [0.717, 1.165) is 30.6 Å². The molecule has 0 radical (unpaired) electrons. The van der Waals surface area contributed by atoms with Gasteiger partial charge in [-0.15, -0.1) is 0 Å². The zero-order chi connectivity index (χ0) is 14.5. The summed E-state index contributed by atoms with van der Waals surface area (Å²) < 4.78 is 14.9. The number of hydrogen-bond donors (Lipinski definition) is 1. The molecule has 0 bridgehead atoms. The minimum absolute atomic E-state index is 0.184. The van der Waals surface area contributed by atoms with Crippen LogP contribution in [0.15, 0.2) is 30.3 Å². The maximum Gasteiger partial charge on any atom is 0.123 e. The van der Waals surface area contributed by atoms with Gasteiger partial charge >= 0.3 is 0 Å². The summed E-state index contributed by atoms with van der Waals surface area (Å²) in [5.41, 5.74) is 3.41. The summed E-state index contributed by atoms with van der Waals surface area (Å²) in [6.07, 6.45) is 1.81. The van der Waals surface area contributed by atoms with Gasteiger partial charge in [-0.05, 0) is 43.7 Å². The Morgan fingerprint density at radius 2 is 1.95 bits per heavy atom. The molecule has 0 aliphatic heterocycles. The predicted octanol–water partition coefficient (Wildman–Crippen LogP) is 2.63. The maximum atomic E-state index is 12.9. The first kappa shape index (κ1) is 14.7. The Balaban J connectivity index is 2.06. The van der Waals surface area contributed by atoms with Crippen molar-refractivity contribution in [1.29, 1.82) is 0 Å². The third-order valence-electron chi connectivity index (χ3n) is 3.44. The van der Waals surface area contributed by atoms with Crippen LogP contribution in [0.2, 0.25) is 0 Å². The zero-order valence-corrected chi connectivity index (χ0v) is 12.4. The van der Waals surface area contributed by atoms with Crippen molar-refractivity contribution >= 4 is 0 Å². The van der Waals surface area contributed by atoms with E-state index in [1.165, 1.54) is 17.8 Å². The molecule has 20 heavy (non-hydrogen) atoms. The Hall–Kier alpha value is -1.68. The summed E-state index contributed by atoms with van der Waals surface area (Å²) in [5.74, 6) is -0.184. The highest BCUT2D eigenvalue weighted by atomic mass is 19.1. The van der Waals surface area contributed by atoms with E-state index in [0.29, 0.717) is 6.04 Å². The number of halogens is 1. The lowest BCUT2D eigenvalue weighted by Gasteiger charge is -2.18. The van der Waals surface area contributed by atoms with Crippen molar-refractivity contribution in [2.75, 3.05) is 6.54 Å². The van der Waals surface area contributed by atoms with Gasteiger partial charge in [0.2, 0.25) is 0 Å². The molecule has 4 heteroatoms. The molecule has 0 amide bonds. The molecule has 1 unspecified atom stereocenters. The summed E-state index contributed by atoms with van der Waals surface area (Å²) in [4.78, 5) is 0. The second-order valence-electron chi connectivity index (χ2n) is 5.19. The van der Waals surface area contributed by atoms with Crippen LogP contribution in [-0.4, -0.2) is 22.4 Å². The lowest BCUT2D eigenvalue weighted by molar-refractivity contribution is 0.504. The highest BCUT2D eigenvalue weighted by Gasteiger charge is 2.12. The number of hydrogen-bond acceptors (Lipinski definition) is 2. The van der Waals surface area contributed by atoms with Gasteiger partial charge in [0, 0.05) is 25.2 Å². The van der Waals surface area contributed by atoms with Crippen LogP contribution in [0.4, 0.5) is 4.39 Å². The summed E-state index contributed by atoms with van der Waals surface area (Å²) in [5, 5.41) is 7.88. The van der Waals surface area contributed by atoms with Gasteiger partial charge in [0.1, 0.15) is 5.82 Å². The molecule has 1 aromatic heterocycles. The SMILES string of the molecule is CCNC(Cc1ccc(F)cc1)Cc1cc(C)nn1C. The number of benzene rings is 1. The monoisotopic (exact) mass is 275 g/mol. The Morgan fingerprint density at radius 1 is 1.25 bits per heavy atom. The number of aryl methyl sites for hydroxylation is 2. The summed E-state index contributed by atoms with van der Waals surface area (Å²) in [7, 11) is 1.98. The average Bonchev–Trinajstić information content (AvgIpc) is 2.71. The molecule has 0 saturated heterocycles. The largest absolute Gasteiger partial charge is 0.314 e. The standard InChI is InChI=1S/C16H22FN3/c1-4-18-15(10-13-5-7-14(17)8-6-13)11-16-9-12(2)19-20(16)3/h5-9,15,18H,4,10-11H2,1-3H3. The average molecular weight is 275 g/mol. The van der Waals surface area contributed by atoms with E-state index in [1.807, 2.05) is 30.8 Å². The molecule has 0 aliphatic carbocycles. The van der Waals surface area contributed by atoms with Crippen LogP contribution in [-0.2, 0) is 19.9 Å². The van der Waals surface area contributed by atoms with Gasteiger partial charge in [0.15, 0.2) is 0 Å². The van der Waals surface area contributed by atoms with E-state index in [-0.39, 0.29) is 5.82 Å². The van der Waals surface area contributed by atoms with Crippen LogP contribution >= 0.6 is 0 Å². The van der Waals surface area contributed by atoms with E-state index in [1.54, 1.807) is 0 Å². The molecule has 0 spiro atoms. The van der Waals surface area contributed by atoms with Gasteiger partial charge in [0.05, 0.1) is 5.69 Å². The Kier molecular flexibility index (Phi) is 4.90. The molecule has 1 heterocycles. The molecule has 1 aromatic carbocycles. The fourth-order valence-corrected chi connectivity index (χ4v) is 2.52. The fraction of sp³-hybridized carbons (Fsp3) is 0.438. The minimum atomic E-state index is -0.184. The maximum absolute atomic E-state index is 12.9. The van der Waals surface area contributed by atoms with E-state index >= 15 is 0 Å². The van der Waals surface area contributed by atoms with Crippen LogP contribution in [0, 0.1) is 12.7 Å². The first-order valence-corrected chi connectivity index (χ1v) is 7.06. The molecule has 0 aliphatic rings. The first-order valence-electron chi connectivity index (χ1n) is 7.06. The van der Waals surface area contributed by atoms with Crippen LogP contribution in [0.1, 0.15) is 23.9 Å². The van der Waals surface area contributed by atoms with Crippen molar-refractivity contribution in [1.82, 2.24) is 15.1 Å². The molecule has 1 atom stereocenters. The van der Waals surface area contributed by atoms with Crippen LogP contribution in [0.3, 0.4) is 0 Å². The number of nitrogens with zero attached hydrogens (tertiary/aromatic N) is 2. The van der Waals surface area contributed by atoms with E-state index in [2.05, 4.69) is 23.4 Å². The quantitative estimate of drug-likeness (QED) is 0.878. The van der Waals surface area contributed by atoms with Crippen LogP contribution in [0.5, 0.6) is 0 Å². The molecule has 1 N–H and O–H groups in total. The van der Waals surface area contributed by atoms with Gasteiger partial charge in [0.25, 0.3) is 0 Å². The highest BCUT2D eigenvalue weighted by molar-refractivity contribution is 5.18. The van der Waals surface area contributed by atoms with Crippen molar-refractivity contribution in [3.63, 3.8) is 0 Å². The molecule has 3 nitrogen and oxygen atoms in total. The fourth-order valence-electron chi connectivity index (χ4n) is 2.52. The number of aromatic nitrogens is 2. The second kappa shape index (κ2) is 6.66. The Bertz CT molecular complexity index is 545. The van der Waals surface area contributed by atoms with Gasteiger partial charge in [-0.3, -0.25) is 4.68 Å². The number of rotatable bonds is 6. The molecule has 2 rings (SSSR count). The minimum Gasteiger partial charge on any atom is -0.314 e. The molecule has 2 aromatic rings. The normalized spacial score (nSPS) is 12.6. The van der Waals surface area contributed by atoms with Crippen molar-refractivity contribution in [2.45, 2.75) is 32.7 Å². The van der Waals surface area contributed by atoms with Crippen LogP contribution < -0.4 is 5.32 Å². The predicted molar refractivity (Wildman–Crippen MR) is 79.2 cm³/mol. The second-order valence-corrected chi connectivity index (χ2v) is 5.19. The summed E-state index contributed by atoms with van der Waals surface area (Å²) in [6, 6.07) is 9.21. The van der Waals surface area contributed by atoms with Crippen molar-refractivity contribution in [3.8, 4) is 0 Å². The first-order chi connectivity index (χ1) is 9.58. The molecule has 0 saturated carbocycles. The molecule has 108 valence electrons. The number of nitrogens with one attached hydrogen (secondary N) is 1. The lowest BCUT2D eigenvalue weighted by atomic mass is 10.0. The third kappa shape index (κ3) is 3.90. The Labute approximate surface area is 119 Å². The van der Waals surface area contributed by atoms with Gasteiger partial charge in [-0.1, -0.05) is 19.1 Å². The topological polar surface area (TPSA) is 29.9 Å². The van der Waals surface area contributed by atoms with Crippen LogP contribution in [0.25, 0.3) is 0 Å². The van der Waals surface area contributed by atoms with Gasteiger partial charge in [-0.2, -0.15) is 5.10 Å². The van der Waals surface area contributed by atoms with Gasteiger partial charge in [-0.25, -0.2) is 4.39 Å². The van der Waals surface area contributed by atoms with Crippen molar-refractivity contribution < 1.29 is 4.39 Å². The highest BCUT2D eigenvalue weighted by Crippen LogP contribution is 2.11. The summed E-state index contributed by atoms with van der Waals surface area (Å²) >= 11 is 0.